The molecule has 1 heterocycles. The number of rotatable bonds is 3. The van der Waals surface area contributed by atoms with E-state index in [1.807, 2.05) is 6.07 Å². The first kappa shape index (κ1) is 19.7. The number of nitriles is 1. The minimum Gasteiger partial charge on any atom is -0.298 e. The van der Waals surface area contributed by atoms with Crippen molar-refractivity contribution >= 4 is 28.8 Å². The SMILES string of the molecule is CCn1c(=O)/c(=C\c2ccc(F)cc2F)s/c1=C(/C#N)C(=O)C(C)(C)C. The van der Waals surface area contributed by atoms with Crippen molar-refractivity contribution in [3.8, 4) is 6.07 Å². The van der Waals surface area contributed by atoms with Crippen LogP contribution >= 0.6 is 11.3 Å². The maximum Gasteiger partial charge on any atom is 0.269 e. The number of hydrogen-bond donors (Lipinski definition) is 0. The number of halogens is 2. The molecule has 1 aromatic heterocycles. The lowest BCUT2D eigenvalue weighted by atomic mass is 9.87. The van der Waals surface area contributed by atoms with E-state index in [-0.39, 0.29) is 32.7 Å². The van der Waals surface area contributed by atoms with Crippen LogP contribution in [0.4, 0.5) is 8.78 Å². The average molecular weight is 376 g/mol. The molecule has 26 heavy (non-hydrogen) atoms. The highest BCUT2D eigenvalue weighted by atomic mass is 32.1. The van der Waals surface area contributed by atoms with E-state index in [0.717, 1.165) is 23.5 Å². The smallest absolute Gasteiger partial charge is 0.269 e. The highest BCUT2D eigenvalue weighted by Crippen LogP contribution is 2.19. The van der Waals surface area contributed by atoms with Crippen LogP contribution in [0.3, 0.4) is 0 Å². The van der Waals surface area contributed by atoms with Gasteiger partial charge in [0.05, 0.1) is 4.53 Å². The van der Waals surface area contributed by atoms with Crippen LogP contribution in [0.2, 0.25) is 0 Å². The molecular formula is C19H18F2N2O2S. The Kier molecular flexibility index (Phi) is 5.57. The molecule has 0 spiro atoms. The molecule has 136 valence electrons. The number of nitrogens with zero attached hydrogens (tertiary/aromatic N) is 2. The van der Waals surface area contributed by atoms with Crippen LogP contribution < -0.4 is 14.8 Å². The van der Waals surface area contributed by atoms with Crippen molar-refractivity contribution < 1.29 is 13.6 Å². The highest BCUT2D eigenvalue weighted by molar-refractivity contribution is 7.07. The summed E-state index contributed by atoms with van der Waals surface area (Å²) in [6, 6.07) is 4.96. The number of carbonyl (C=O) groups excluding carboxylic acids is 1. The Bertz CT molecular complexity index is 1080. The molecule has 1 aromatic carbocycles. The number of benzene rings is 1. The minimum atomic E-state index is -0.794. The number of ketones is 1. The lowest BCUT2D eigenvalue weighted by molar-refractivity contribution is -0.120. The Balaban J connectivity index is 2.85. The van der Waals surface area contributed by atoms with Gasteiger partial charge in [-0.1, -0.05) is 20.8 Å². The van der Waals surface area contributed by atoms with Gasteiger partial charge < -0.3 is 0 Å². The second kappa shape index (κ2) is 7.34. The number of thiazole rings is 1. The standard InChI is InChI=1S/C19H18F2N2O2S/c1-5-23-17(25)15(8-11-6-7-12(20)9-14(11)21)26-18(23)13(10-22)16(24)19(2,3)4/h6-9H,5H2,1-4H3/b15-8+,18-13-. The second-order valence-corrected chi connectivity index (χ2v) is 7.73. The fraction of sp³-hybridized carbons (Fsp3) is 0.316. The van der Waals surface area contributed by atoms with E-state index in [9.17, 15) is 23.6 Å². The van der Waals surface area contributed by atoms with E-state index in [1.165, 1.54) is 16.7 Å². The van der Waals surface area contributed by atoms with E-state index < -0.39 is 22.6 Å². The molecular weight excluding hydrogens is 358 g/mol. The largest absolute Gasteiger partial charge is 0.298 e. The summed E-state index contributed by atoms with van der Waals surface area (Å²) < 4.78 is 28.7. The lowest BCUT2D eigenvalue weighted by Gasteiger charge is -2.15. The van der Waals surface area contributed by atoms with Gasteiger partial charge in [0.2, 0.25) is 0 Å². The van der Waals surface area contributed by atoms with Crippen molar-refractivity contribution in [1.82, 2.24) is 4.57 Å². The number of carbonyl (C=O) groups is 1. The summed E-state index contributed by atoms with van der Waals surface area (Å²) in [4.78, 5) is 25.2. The van der Waals surface area contributed by atoms with Crippen LogP contribution in [0.15, 0.2) is 23.0 Å². The fourth-order valence-corrected chi connectivity index (χ4v) is 3.48. The van der Waals surface area contributed by atoms with Crippen LogP contribution in [0.5, 0.6) is 0 Å². The summed E-state index contributed by atoms with van der Waals surface area (Å²) in [7, 11) is 0. The summed E-state index contributed by atoms with van der Waals surface area (Å²) in [6.07, 6.45) is 1.30. The van der Waals surface area contributed by atoms with Gasteiger partial charge in [0.1, 0.15) is 27.9 Å². The third-order valence-electron chi connectivity index (χ3n) is 3.71. The van der Waals surface area contributed by atoms with Gasteiger partial charge in [-0.3, -0.25) is 14.2 Å². The number of Topliss-reactive ketones (excluding diaryl/α,β-unsaturated/α-hetero) is 1. The van der Waals surface area contributed by atoms with Crippen molar-refractivity contribution in [3.05, 3.63) is 54.9 Å². The van der Waals surface area contributed by atoms with Gasteiger partial charge in [-0.15, -0.1) is 11.3 Å². The molecule has 0 fully saturated rings. The summed E-state index contributed by atoms with van der Waals surface area (Å²) in [5, 5.41) is 9.47. The number of aromatic nitrogens is 1. The molecule has 0 aliphatic carbocycles. The predicted molar refractivity (Wildman–Crippen MR) is 96.9 cm³/mol. The van der Waals surface area contributed by atoms with Crippen LogP contribution in [0, 0.1) is 28.4 Å². The zero-order chi connectivity index (χ0) is 19.6. The first-order valence-corrected chi connectivity index (χ1v) is 8.77. The Hall–Kier alpha value is -2.59. The zero-order valence-electron chi connectivity index (χ0n) is 14.9. The minimum absolute atomic E-state index is 0.0557. The van der Waals surface area contributed by atoms with Crippen molar-refractivity contribution in [1.29, 1.82) is 5.26 Å². The summed E-state index contributed by atoms with van der Waals surface area (Å²) in [5.41, 5.74) is -1.25. The average Bonchev–Trinajstić information content (AvgIpc) is 2.85. The van der Waals surface area contributed by atoms with E-state index in [0.29, 0.717) is 0 Å². The molecule has 0 N–H and O–H groups in total. The predicted octanol–water partition coefficient (Wildman–Crippen LogP) is 2.33. The highest BCUT2D eigenvalue weighted by Gasteiger charge is 2.27. The topological polar surface area (TPSA) is 62.9 Å². The fourth-order valence-electron chi connectivity index (χ4n) is 2.32. The van der Waals surface area contributed by atoms with Gasteiger partial charge in [-0.2, -0.15) is 5.26 Å². The van der Waals surface area contributed by atoms with Gasteiger partial charge in [0.25, 0.3) is 5.56 Å². The Morgan fingerprint density at radius 3 is 2.50 bits per heavy atom. The monoisotopic (exact) mass is 376 g/mol. The molecule has 0 bridgehead atoms. The van der Waals surface area contributed by atoms with Gasteiger partial charge in [-0.25, -0.2) is 8.78 Å². The van der Waals surface area contributed by atoms with Gasteiger partial charge in [0.15, 0.2) is 5.78 Å². The van der Waals surface area contributed by atoms with Crippen LogP contribution in [0.25, 0.3) is 11.6 Å². The lowest BCUT2D eigenvalue weighted by Crippen LogP contribution is -2.33. The summed E-state index contributed by atoms with van der Waals surface area (Å²) in [6.45, 7) is 7.05. The van der Waals surface area contributed by atoms with Gasteiger partial charge in [0, 0.05) is 23.6 Å². The van der Waals surface area contributed by atoms with Crippen molar-refractivity contribution in [2.24, 2.45) is 5.41 Å². The Labute approximate surface area is 153 Å². The first-order valence-electron chi connectivity index (χ1n) is 7.95. The van der Waals surface area contributed by atoms with E-state index in [1.54, 1.807) is 27.7 Å². The zero-order valence-corrected chi connectivity index (χ0v) is 15.7. The van der Waals surface area contributed by atoms with E-state index >= 15 is 0 Å². The summed E-state index contributed by atoms with van der Waals surface area (Å²) >= 11 is 0.950. The molecule has 2 rings (SSSR count). The van der Waals surface area contributed by atoms with Crippen molar-refractivity contribution in [2.45, 2.75) is 34.2 Å². The van der Waals surface area contributed by atoms with Gasteiger partial charge >= 0.3 is 0 Å². The van der Waals surface area contributed by atoms with E-state index in [4.69, 9.17) is 0 Å². The molecule has 2 aromatic rings. The molecule has 0 atom stereocenters. The van der Waals surface area contributed by atoms with E-state index in [2.05, 4.69) is 0 Å². The first-order chi connectivity index (χ1) is 12.1. The third-order valence-corrected chi connectivity index (χ3v) is 4.84. The molecule has 4 nitrogen and oxygen atoms in total. The molecule has 0 amide bonds. The number of hydrogen-bond acceptors (Lipinski definition) is 4. The Morgan fingerprint density at radius 1 is 1.35 bits per heavy atom. The molecule has 0 unspecified atom stereocenters. The molecule has 0 saturated carbocycles. The molecule has 7 heteroatoms. The quantitative estimate of drug-likeness (QED) is 0.826. The molecule has 0 saturated heterocycles. The molecule has 0 aliphatic heterocycles. The maximum absolute atomic E-state index is 13.9. The van der Waals surface area contributed by atoms with Crippen molar-refractivity contribution in [3.63, 3.8) is 0 Å². The third kappa shape index (κ3) is 3.81. The maximum atomic E-state index is 13.9. The second-order valence-electron chi connectivity index (χ2n) is 6.70. The van der Waals surface area contributed by atoms with Gasteiger partial charge in [-0.05, 0) is 25.1 Å². The van der Waals surface area contributed by atoms with Crippen LogP contribution in [0.1, 0.15) is 33.3 Å². The normalized spacial score (nSPS) is 13.5. The van der Waals surface area contributed by atoms with Crippen molar-refractivity contribution in [2.75, 3.05) is 0 Å². The molecule has 0 radical (unpaired) electrons. The van der Waals surface area contributed by atoms with Crippen LogP contribution in [-0.2, 0) is 11.3 Å². The molecule has 0 aliphatic rings. The Morgan fingerprint density at radius 2 is 2.00 bits per heavy atom. The van der Waals surface area contributed by atoms with Crippen LogP contribution in [-0.4, -0.2) is 10.4 Å². The summed E-state index contributed by atoms with van der Waals surface area (Å²) in [5.74, 6) is -1.88.